The predicted octanol–water partition coefficient (Wildman–Crippen LogP) is 2.99. The molecule has 4 nitrogen and oxygen atoms in total. The second-order valence-electron chi connectivity index (χ2n) is 6.16. The highest BCUT2D eigenvalue weighted by atomic mass is 32.2. The van der Waals surface area contributed by atoms with Crippen LogP contribution in [0.1, 0.15) is 18.4 Å². The van der Waals surface area contributed by atoms with E-state index in [1.54, 1.807) is 0 Å². The van der Waals surface area contributed by atoms with Crippen LogP contribution < -0.4 is 4.72 Å². The summed E-state index contributed by atoms with van der Waals surface area (Å²) in [6.45, 7) is 1.18. The Kier molecular flexibility index (Phi) is 5.17. The van der Waals surface area contributed by atoms with E-state index in [-0.39, 0.29) is 6.54 Å². The third-order valence-corrected chi connectivity index (χ3v) is 6.05. The maximum Gasteiger partial charge on any atom is 0.243 e. The minimum atomic E-state index is -4.09. The van der Waals surface area contributed by atoms with E-state index in [1.165, 1.54) is 0 Å². The molecular weight excluding hydrogens is 348 g/mol. The smallest absolute Gasteiger partial charge is 0.243 e. The molecule has 1 aliphatic rings. The molecule has 2 aromatic rings. The van der Waals surface area contributed by atoms with Crippen LogP contribution in [0.5, 0.6) is 0 Å². The van der Waals surface area contributed by atoms with Crippen LogP contribution in [0.2, 0.25) is 0 Å². The lowest BCUT2D eigenvalue weighted by Crippen LogP contribution is -2.44. The molecule has 1 saturated heterocycles. The molecule has 1 aliphatic heterocycles. The summed E-state index contributed by atoms with van der Waals surface area (Å²) in [7, 11) is -4.09. The average Bonchev–Trinajstić information content (AvgIpc) is 2.61. The largest absolute Gasteiger partial charge is 0.381 e. The fraction of sp³-hybridized carbons (Fsp3) is 0.333. The highest BCUT2D eigenvalue weighted by Crippen LogP contribution is 2.34. The van der Waals surface area contributed by atoms with Crippen LogP contribution in [0.3, 0.4) is 0 Å². The lowest BCUT2D eigenvalue weighted by atomic mass is 9.74. The van der Waals surface area contributed by atoms with E-state index in [9.17, 15) is 17.2 Å². The monoisotopic (exact) mass is 367 g/mol. The number of sulfonamides is 1. The molecule has 0 aliphatic carbocycles. The van der Waals surface area contributed by atoms with Gasteiger partial charge in [0.05, 0.1) is 0 Å². The number of hydrogen-bond acceptors (Lipinski definition) is 3. The number of halogens is 2. The van der Waals surface area contributed by atoms with Gasteiger partial charge in [-0.25, -0.2) is 21.9 Å². The number of rotatable bonds is 5. The van der Waals surface area contributed by atoms with Gasteiger partial charge in [0.15, 0.2) is 0 Å². The van der Waals surface area contributed by atoms with Gasteiger partial charge in [-0.1, -0.05) is 30.3 Å². The molecule has 0 unspecified atom stereocenters. The van der Waals surface area contributed by atoms with Gasteiger partial charge in [-0.05, 0) is 30.5 Å². The molecular formula is C18H19F2NO3S. The van der Waals surface area contributed by atoms with Gasteiger partial charge in [0.2, 0.25) is 10.0 Å². The van der Waals surface area contributed by atoms with Crippen LogP contribution in [0, 0.1) is 11.6 Å². The zero-order chi connectivity index (χ0) is 17.9. The van der Waals surface area contributed by atoms with Crippen molar-refractivity contribution < 1.29 is 21.9 Å². The first kappa shape index (κ1) is 18.0. The Balaban J connectivity index is 1.86. The van der Waals surface area contributed by atoms with Crippen LogP contribution >= 0.6 is 0 Å². The maximum atomic E-state index is 13.9. The van der Waals surface area contributed by atoms with E-state index in [0.29, 0.717) is 32.1 Å². The van der Waals surface area contributed by atoms with Gasteiger partial charge in [0.25, 0.3) is 0 Å². The highest BCUT2D eigenvalue weighted by molar-refractivity contribution is 7.89. The van der Waals surface area contributed by atoms with Crippen molar-refractivity contribution in [1.82, 2.24) is 4.72 Å². The molecule has 0 radical (unpaired) electrons. The first-order valence-corrected chi connectivity index (χ1v) is 9.49. The van der Waals surface area contributed by atoms with Gasteiger partial charge >= 0.3 is 0 Å². The fourth-order valence-electron chi connectivity index (χ4n) is 3.13. The number of nitrogens with one attached hydrogen (secondary N) is 1. The summed E-state index contributed by atoms with van der Waals surface area (Å²) in [6.07, 6.45) is 1.32. The van der Waals surface area contributed by atoms with Crippen LogP contribution in [-0.2, 0) is 20.2 Å². The van der Waals surface area contributed by atoms with Gasteiger partial charge in [0, 0.05) is 31.2 Å². The van der Waals surface area contributed by atoms with Crippen molar-refractivity contribution in [2.45, 2.75) is 23.2 Å². The second kappa shape index (κ2) is 7.19. The van der Waals surface area contributed by atoms with E-state index in [1.807, 2.05) is 30.3 Å². The molecule has 0 spiro atoms. The van der Waals surface area contributed by atoms with Crippen molar-refractivity contribution in [3.05, 3.63) is 65.7 Å². The summed E-state index contributed by atoms with van der Waals surface area (Å²) in [5.41, 5.74) is 0.601. The van der Waals surface area contributed by atoms with Crippen LogP contribution in [0.4, 0.5) is 8.78 Å². The van der Waals surface area contributed by atoms with Gasteiger partial charge in [-0.15, -0.1) is 0 Å². The predicted molar refractivity (Wildman–Crippen MR) is 89.7 cm³/mol. The first-order chi connectivity index (χ1) is 11.9. The summed E-state index contributed by atoms with van der Waals surface area (Å²) in [4.78, 5) is -0.552. The number of benzene rings is 2. The van der Waals surface area contributed by atoms with Gasteiger partial charge < -0.3 is 4.74 Å². The van der Waals surface area contributed by atoms with Crippen molar-refractivity contribution in [3.63, 3.8) is 0 Å². The Hall–Kier alpha value is -1.83. The van der Waals surface area contributed by atoms with Gasteiger partial charge in [0.1, 0.15) is 16.5 Å². The lowest BCUT2D eigenvalue weighted by Gasteiger charge is -2.37. The van der Waals surface area contributed by atoms with Crippen LogP contribution in [0.25, 0.3) is 0 Å². The minimum Gasteiger partial charge on any atom is -0.381 e. The summed E-state index contributed by atoms with van der Waals surface area (Å²) >= 11 is 0. The second-order valence-corrected chi connectivity index (χ2v) is 7.89. The molecule has 0 aromatic heterocycles. The molecule has 3 rings (SSSR count). The Labute approximate surface area is 145 Å². The molecule has 1 fully saturated rings. The van der Waals surface area contributed by atoms with Crippen LogP contribution in [-0.4, -0.2) is 28.2 Å². The lowest BCUT2D eigenvalue weighted by molar-refractivity contribution is 0.0517. The molecule has 1 N–H and O–H groups in total. The summed E-state index contributed by atoms with van der Waals surface area (Å²) < 4.78 is 59.7. The Morgan fingerprint density at radius 1 is 1.04 bits per heavy atom. The molecule has 0 saturated carbocycles. The SMILES string of the molecule is O=S(=O)(NCC1(c2ccccc2)CCOCC1)c1ccc(F)cc1F. The average molecular weight is 367 g/mol. The highest BCUT2D eigenvalue weighted by Gasteiger charge is 2.36. The molecule has 2 aromatic carbocycles. The topological polar surface area (TPSA) is 55.4 Å². The van der Waals surface area contributed by atoms with Crippen molar-refractivity contribution in [3.8, 4) is 0 Å². The molecule has 0 amide bonds. The standard InChI is InChI=1S/C18H19F2NO3S/c19-15-6-7-17(16(20)12-15)25(22,23)21-13-18(8-10-24-11-9-18)14-4-2-1-3-5-14/h1-7,12,21H,8-11,13H2. The van der Waals surface area contributed by atoms with E-state index < -0.39 is 32.0 Å². The zero-order valence-electron chi connectivity index (χ0n) is 13.5. The van der Waals surface area contributed by atoms with Crippen LogP contribution in [0.15, 0.2) is 53.4 Å². The van der Waals surface area contributed by atoms with Crippen molar-refractivity contribution in [1.29, 1.82) is 0 Å². The summed E-state index contributed by atoms with van der Waals surface area (Å²) in [5.74, 6) is -1.92. The van der Waals surface area contributed by atoms with Gasteiger partial charge in [-0.2, -0.15) is 0 Å². The van der Waals surface area contributed by atoms with E-state index in [0.717, 1.165) is 17.7 Å². The van der Waals surface area contributed by atoms with E-state index in [4.69, 9.17) is 4.74 Å². The fourth-order valence-corrected chi connectivity index (χ4v) is 4.31. The molecule has 0 bridgehead atoms. The van der Waals surface area contributed by atoms with E-state index in [2.05, 4.69) is 4.72 Å². The Bertz CT molecular complexity index is 835. The van der Waals surface area contributed by atoms with E-state index >= 15 is 0 Å². The summed E-state index contributed by atoms with van der Waals surface area (Å²) in [5, 5.41) is 0. The third kappa shape index (κ3) is 3.89. The molecule has 25 heavy (non-hydrogen) atoms. The summed E-state index contributed by atoms with van der Waals surface area (Å²) in [6, 6.07) is 12.0. The minimum absolute atomic E-state index is 0.125. The Morgan fingerprint density at radius 2 is 1.72 bits per heavy atom. The normalized spacial score (nSPS) is 17.4. The van der Waals surface area contributed by atoms with Crippen molar-refractivity contribution in [2.24, 2.45) is 0 Å². The molecule has 7 heteroatoms. The first-order valence-electron chi connectivity index (χ1n) is 8.01. The molecule has 0 atom stereocenters. The Morgan fingerprint density at radius 3 is 2.36 bits per heavy atom. The van der Waals surface area contributed by atoms with Gasteiger partial charge in [-0.3, -0.25) is 0 Å². The number of hydrogen-bond donors (Lipinski definition) is 1. The van der Waals surface area contributed by atoms with Crippen molar-refractivity contribution in [2.75, 3.05) is 19.8 Å². The van der Waals surface area contributed by atoms with Crippen molar-refractivity contribution >= 4 is 10.0 Å². The molecule has 1 heterocycles. The zero-order valence-corrected chi connectivity index (χ0v) is 14.4. The quantitative estimate of drug-likeness (QED) is 0.884. The molecule has 134 valence electrons. The third-order valence-electron chi connectivity index (χ3n) is 4.62. The number of ether oxygens (including phenoxy) is 1. The maximum absolute atomic E-state index is 13.9.